The van der Waals surface area contributed by atoms with Gasteiger partial charge in [0.1, 0.15) is 28.7 Å². The Morgan fingerprint density at radius 3 is 2.16 bits per heavy atom. The van der Waals surface area contributed by atoms with Crippen molar-refractivity contribution < 1.29 is 32.9 Å². The van der Waals surface area contributed by atoms with E-state index in [1.807, 2.05) is 33.8 Å². The second-order valence-corrected chi connectivity index (χ2v) is 22.6. The van der Waals surface area contributed by atoms with E-state index in [0.717, 1.165) is 29.4 Å². The maximum atomic E-state index is 15.1. The first-order chi connectivity index (χ1) is 22.9. The summed E-state index contributed by atoms with van der Waals surface area (Å²) in [5.41, 5.74) is -1.40. The van der Waals surface area contributed by atoms with Gasteiger partial charge in [-0.3, -0.25) is 9.78 Å². The predicted octanol–water partition coefficient (Wildman–Crippen LogP) is 8.23. The van der Waals surface area contributed by atoms with Crippen molar-refractivity contribution in [3.05, 3.63) is 77.0 Å². The molecule has 1 fully saturated rings. The van der Waals surface area contributed by atoms with Gasteiger partial charge in [0.2, 0.25) is 0 Å². The van der Waals surface area contributed by atoms with Gasteiger partial charge in [-0.15, -0.1) is 0 Å². The normalized spacial score (nSPS) is 19.8. The zero-order valence-electron chi connectivity index (χ0n) is 31.4. The molecule has 1 aromatic carbocycles. The molecule has 1 saturated heterocycles. The number of carbonyl (C=O) groups is 1. The smallest absolute Gasteiger partial charge is 0.307 e. The molecule has 11 heteroatoms. The van der Waals surface area contributed by atoms with Gasteiger partial charge >= 0.3 is 5.97 Å². The number of ether oxygens (including phenoxy) is 1. The summed E-state index contributed by atoms with van der Waals surface area (Å²) < 4.78 is 51.3. The molecule has 50 heavy (non-hydrogen) atoms. The third-order valence-corrected chi connectivity index (χ3v) is 16.6. The predicted molar refractivity (Wildman–Crippen MR) is 194 cm³/mol. The van der Waals surface area contributed by atoms with E-state index in [1.165, 1.54) is 19.9 Å². The van der Waals surface area contributed by atoms with Gasteiger partial charge in [0.25, 0.3) is 0 Å². The first-order valence-electron chi connectivity index (χ1n) is 17.4. The highest BCUT2D eigenvalue weighted by atomic mass is 28.3. The van der Waals surface area contributed by atoms with Gasteiger partial charge in [0, 0.05) is 42.8 Å². The number of aliphatic hydroxyl groups is 2. The van der Waals surface area contributed by atoms with Crippen LogP contribution < -0.4 is 4.90 Å². The van der Waals surface area contributed by atoms with Gasteiger partial charge in [-0.1, -0.05) is 40.8 Å². The number of hydrogen-bond acceptors (Lipinski definition) is 7. The van der Waals surface area contributed by atoms with E-state index < -0.39 is 59.6 Å². The number of anilines is 1. The van der Waals surface area contributed by atoms with Crippen molar-refractivity contribution in [3.8, 4) is 11.3 Å². The quantitative estimate of drug-likeness (QED) is 0.170. The van der Waals surface area contributed by atoms with Gasteiger partial charge in [0.15, 0.2) is 0 Å². The third kappa shape index (κ3) is 8.59. The number of nitrogens with zero attached hydrogens (tertiary/aromatic N) is 3. The zero-order valence-corrected chi connectivity index (χ0v) is 32.4. The molecule has 0 bridgehead atoms. The fourth-order valence-electron chi connectivity index (χ4n) is 6.78. The summed E-state index contributed by atoms with van der Waals surface area (Å²) in [6.07, 6.45) is 3.54. The van der Waals surface area contributed by atoms with Gasteiger partial charge < -0.3 is 19.8 Å². The zero-order chi connectivity index (χ0) is 37.6. The second-order valence-electron chi connectivity index (χ2n) is 17.0. The molecule has 274 valence electrons. The van der Waals surface area contributed by atoms with Crippen LogP contribution in [-0.2, 0) is 28.0 Å². The van der Waals surface area contributed by atoms with Crippen LogP contribution in [0.5, 0.6) is 0 Å². The second kappa shape index (κ2) is 14.4. The summed E-state index contributed by atoms with van der Waals surface area (Å²) in [6.45, 7) is 22.3. The van der Waals surface area contributed by atoms with Crippen LogP contribution in [0.4, 0.5) is 18.9 Å². The molecule has 3 aromatic rings. The Morgan fingerprint density at radius 2 is 1.60 bits per heavy atom. The Hall–Kier alpha value is -3.28. The van der Waals surface area contributed by atoms with Crippen molar-refractivity contribution in [2.24, 2.45) is 11.8 Å². The number of halogens is 3. The lowest BCUT2D eigenvalue weighted by Crippen LogP contribution is -2.58. The van der Waals surface area contributed by atoms with E-state index >= 15 is 8.78 Å². The van der Waals surface area contributed by atoms with Crippen molar-refractivity contribution in [1.82, 2.24) is 9.97 Å². The summed E-state index contributed by atoms with van der Waals surface area (Å²) in [6, 6.07) is 6.56. The fraction of sp³-hybridized carbons (Fsp3) is 0.564. The molecule has 0 aliphatic carbocycles. The molecule has 3 heterocycles. The fourth-order valence-corrected chi connectivity index (χ4v) is 9.74. The van der Waals surface area contributed by atoms with Gasteiger partial charge in [-0.2, -0.15) is 0 Å². The van der Waals surface area contributed by atoms with Crippen LogP contribution in [0.3, 0.4) is 0 Å². The summed E-state index contributed by atoms with van der Waals surface area (Å²) in [4.78, 5) is 24.9. The highest BCUT2D eigenvalue weighted by Crippen LogP contribution is 2.50. The number of rotatable bonds is 9. The lowest BCUT2D eigenvalue weighted by atomic mass is 9.84. The maximum absolute atomic E-state index is 15.1. The van der Waals surface area contributed by atoms with E-state index in [4.69, 9.17) is 4.74 Å². The summed E-state index contributed by atoms with van der Waals surface area (Å²) in [7, 11) is -2.40. The number of hydrogen-bond donors (Lipinski definition) is 2. The molecule has 1 unspecified atom stereocenters. The average molecular weight is 714 g/mol. The molecular weight excluding hydrogens is 660 g/mol. The largest absolute Gasteiger partial charge is 0.460 e. The Labute approximate surface area is 296 Å². The molecule has 7 nitrogen and oxygen atoms in total. The van der Waals surface area contributed by atoms with Crippen LogP contribution >= 0.6 is 0 Å². The number of benzene rings is 1. The topological polar surface area (TPSA) is 95.8 Å². The van der Waals surface area contributed by atoms with Crippen LogP contribution in [-0.4, -0.2) is 59.0 Å². The Bertz CT molecular complexity index is 1670. The number of aromatic nitrogens is 2. The molecule has 4 atom stereocenters. The molecule has 2 N–H and O–H groups in total. The van der Waals surface area contributed by atoms with Crippen LogP contribution in [0, 0.1) is 29.3 Å². The first-order valence-corrected chi connectivity index (χ1v) is 20.5. The summed E-state index contributed by atoms with van der Waals surface area (Å²) >= 11 is 0. The highest BCUT2D eigenvalue weighted by Gasteiger charge is 2.54. The Balaban J connectivity index is 1.65. The molecule has 0 saturated carbocycles. The van der Waals surface area contributed by atoms with Crippen LogP contribution in [0.1, 0.15) is 79.1 Å². The van der Waals surface area contributed by atoms with Crippen molar-refractivity contribution >= 4 is 19.7 Å². The molecule has 1 aliphatic heterocycles. The van der Waals surface area contributed by atoms with E-state index in [0.29, 0.717) is 31.6 Å². The maximum Gasteiger partial charge on any atom is 0.307 e. The molecular formula is C39H54F3N3O4Si. The van der Waals surface area contributed by atoms with E-state index in [2.05, 4.69) is 48.7 Å². The Kier molecular flexibility index (Phi) is 11.4. The van der Waals surface area contributed by atoms with Gasteiger partial charge in [-0.05, 0) is 99.9 Å². The number of aliphatic hydroxyl groups excluding tert-OH is 1. The number of aryl methyl sites for hydroxylation is 2. The lowest BCUT2D eigenvalue weighted by Gasteiger charge is -2.51. The van der Waals surface area contributed by atoms with Crippen LogP contribution in [0.15, 0.2) is 42.7 Å². The van der Waals surface area contributed by atoms with Crippen molar-refractivity contribution in [2.75, 3.05) is 18.0 Å². The SMILES string of the molecule is C[C@H]1CN(c2ccncc2CCc2ccc(F)c(-c3c(F)cc(C(C)(C)O)cc3F)n2)C[C@@H](C(C(=O)OC(C)(C)C)[Si](C)(C)C(C)(C)C)[C@@H]1O. The molecule has 1 aliphatic rings. The Morgan fingerprint density at radius 1 is 0.980 bits per heavy atom. The number of esters is 1. The molecule has 0 radical (unpaired) electrons. The minimum atomic E-state index is -2.40. The van der Waals surface area contributed by atoms with E-state index in [-0.39, 0.29) is 28.4 Å². The van der Waals surface area contributed by atoms with Crippen molar-refractivity contribution in [2.45, 2.75) is 116 Å². The van der Waals surface area contributed by atoms with Gasteiger partial charge in [0.05, 0.1) is 30.9 Å². The third-order valence-electron chi connectivity index (χ3n) is 10.5. The molecule has 4 rings (SSSR count). The molecule has 2 aromatic heterocycles. The first kappa shape index (κ1) is 39.5. The number of carbonyl (C=O) groups excluding carboxylic acids is 1. The summed E-state index contributed by atoms with van der Waals surface area (Å²) in [5, 5.41) is 21.8. The van der Waals surface area contributed by atoms with Crippen LogP contribution in [0.25, 0.3) is 11.3 Å². The number of pyridine rings is 2. The van der Waals surface area contributed by atoms with E-state index in [1.54, 1.807) is 12.4 Å². The van der Waals surface area contributed by atoms with E-state index in [9.17, 15) is 19.4 Å². The standard InChI is InChI=1S/C39H54F3N3O4Si/c1-23-21-45(22-27(34(23)46)35(36(47)49-37(2,3)4)50(10,11)38(5,6)7)31-16-17-43-20-24(31)12-13-26-14-15-28(40)33(44-26)32-29(41)18-25(19-30(32)42)39(8,9)48/h14-20,23,27,34-35,46,48H,12-13,21-22H2,1-11H3/t23-,27+,34+,35?/m0/s1. The molecule has 0 spiro atoms. The van der Waals surface area contributed by atoms with Crippen molar-refractivity contribution in [1.29, 1.82) is 0 Å². The molecule has 0 amide bonds. The van der Waals surface area contributed by atoms with Crippen molar-refractivity contribution in [3.63, 3.8) is 0 Å². The number of piperidine rings is 1. The van der Waals surface area contributed by atoms with Gasteiger partial charge in [-0.25, -0.2) is 18.2 Å². The monoisotopic (exact) mass is 713 g/mol. The minimum absolute atomic E-state index is 0.0282. The minimum Gasteiger partial charge on any atom is -0.460 e. The highest BCUT2D eigenvalue weighted by molar-refractivity contribution is 6.84. The summed E-state index contributed by atoms with van der Waals surface area (Å²) in [5.74, 6) is -3.67. The average Bonchev–Trinajstić information content (AvgIpc) is 2.97. The lowest BCUT2D eigenvalue weighted by molar-refractivity contribution is -0.157. The van der Waals surface area contributed by atoms with Crippen LogP contribution in [0.2, 0.25) is 23.7 Å².